The van der Waals surface area contributed by atoms with Crippen LogP contribution in [0.5, 0.6) is 17.4 Å². The number of rotatable bonds is 10. The number of hydrogen-bond donors (Lipinski definition) is 5. The van der Waals surface area contributed by atoms with Crippen LogP contribution in [0, 0.1) is 5.92 Å². The minimum atomic E-state index is -1.36. The summed E-state index contributed by atoms with van der Waals surface area (Å²) < 4.78 is 6.30. The Kier molecular flexibility index (Phi) is 7.44. The Morgan fingerprint density at radius 3 is 2.41 bits per heavy atom. The minimum Gasteiger partial charge on any atom is -0.506 e. The molecule has 0 bridgehead atoms. The van der Waals surface area contributed by atoms with Crippen molar-refractivity contribution < 1.29 is 34.4 Å². The first kappa shape index (κ1) is 24.6. The van der Waals surface area contributed by atoms with Crippen LogP contribution in [0.4, 0.5) is 0 Å². The van der Waals surface area contributed by atoms with Crippen molar-refractivity contribution in [1.29, 1.82) is 0 Å². The van der Waals surface area contributed by atoms with E-state index in [0.717, 1.165) is 12.8 Å². The van der Waals surface area contributed by atoms with Crippen molar-refractivity contribution in [2.75, 3.05) is 13.1 Å². The molecule has 182 valence electrons. The van der Waals surface area contributed by atoms with Crippen molar-refractivity contribution in [1.82, 2.24) is 15.2 Å². The van der Waals surface area contributed by atoms with E-state index in [9.17, 15) is 29.4 Å². The van der Waals surface area contributed by atoms with Crippen LogP contribution in [0.15, 0.2) is 29.1 Å². The predicted molar refractivity (Wildman–Crippen MR) is 121 cm³/mol. The first-order valence-electron chi connectivity index (χ1n) is 10.9. The van der Waals surface area contributed by atoms with Gasteiger partial charge in [0.1, 0.15) is 23.4 Å². The van der Waals surface area contributed by atoms with Crippen molar-refractivity contribution in [3.63, 3.8) is 0 Å². The summed E-state index contributed by atoms with van der Waals surface area (Å²) in [6.45, 7) is 3.05. The van der Waals surface area contributed by atoms with Crippen LogP contribution in [-0.2, 0) is 4.79 Å². The van der Waals surface area contributed by atoms with E-state index >= 15 is 0 Å². The molecule has 0 radical (unpaired) electrons. The zero-order valence-electron chi connectivity index (χ0n) is 18.8. The summed E-state index contributed by atoms with van der Waals surface area (Å²) >= 11 is 0. The maximum absolute atomic E-state index is 13.3. The van der Waals surface area contributed by atoms with E-state index in [1.165, 1.54) is 12.1 Å². The summed E-state index contributed by atoms with van der Waals surface area (Å²) in [6, 6.07) is 6.04. The normalized spacial score (nSPS) is 12.9. The zero-order chi connectivity index (χ0) is 25.0. The van der Waals surface area contributed by atoms with Crippen LogP contribution in [0.3, 0.4) is 0 Å². The molecule has 1 aromatic heterocycles. The summed E-state index contributed by atoms with van der Waals surface area (Å²) in [7, 11) is 0. The van der Waals surface area contributed by atoms with E-state index in [4.69, 9.17) is 9.84 Å². The maximum Gasteiger partial charge on any atom is 0.322 e. The van der Waals surface area contributed by atoms with Crippen molar-refractivity contribution in [2.45, 2.75) is 39.2 Å². The lowest BCUT2D eigenvalue weighted by molar-refractivity contribution is -0.135. The predicted octanol–water partition coefficient (Wildman–Crippen LogP) is 1.38. The number of aromatic nitrogens is 1. The molecule has 5 N–H and O–H groups in total. The number of carbonyl (C=O) groups is 3. The van der Waals surface area contributed by atoms with E-state index in [1.54, 1.807) is 26.0 Å². The molecule has 0 spiro atoms. The van der Waals surface area contributed by atoms with E-state index in [-0.39, 0.29) is 18.3 Å². The third-order valence-corrected chi connectivity index (χ3v) is 5.16. The number of benzene rings is 1. The number of pyridine rings is 1. The van der Waals surface area contributed by atoms with Gasteiger partial charge in [0.2, 0.25) is 5.88 Å². The first-order chi connectivity index (χ1) is 16.1. The number of hydrogen-bond acceptors (Lipinski definition) is 7. The lowest BCUT2D eigenvalue weighted by atomic mass is 10.1. The summed E-state index contributed by atoms with van der Waals surface area (Å²) in [5.41, 5.74) is -2.54. The zero-order valence-corrected chi connectivity index (χ0v) is 18.8. The highest BCUT2D eigenvalue weighted by molar-refractivity contribution is 6.05. The largest absolute Gasteiger partial charge is 0.506 e. The number of ether oxygens (including phenoxy) is 1. The first-order valence-corrected chi connectivity index (χ1v) is 10.9. The van der Waals surface area contributed by atoms with Gasteiger partial charge in [-0.3, -0.25) is 19.2 Å². The number of amides is 2. The molecule has 3 rings (SSSR count). The molecular weight excluding hydrogens is 446 g/mol. The molecule has 1 heterocycles. The second kappa shape index (κ2) is 10.3. The van der Waals surface area contributed by atoms with E-state index in [1.807, 2.05) is 5.32 Å². The molecule has 1 aliphatic rings. The molecular formula is C23H27N3O8. The minimum absolute atomic E-state index is 0.0694. The molecule has 2 aromatic rings. The molecule has 2 amide bonds. The topological polar surface area (TPSA) is 167 Å². The Balaban J connectivity index is 2.12. The van der Waals surface area contributed by atoms with E-state index in [0.29, 0.717) is 22.7 Å². The van der Waals surface area contributed by atoms with Crippen LogP contribution in [0.25, 0.3) is 5.69 Å². The Bertz CT molecular complexity index is 1170. The fourth-order valence-corrected chi connectivity index (χ4v) is 3.40. The second-order valence-corrected chi connectivity index (χ2v) is 8.29. The standard InChI is InChI=1S/C23H27N3O8/c1-12(2)34-15-5-3-4-14(10-15)26-22(32)17(20(30)24-9-8-13-6-7-13)19(29)18(23(26)33)21(31)25-11-16(27)28/h3-5,10,12-13,29,33H,6-9,11H2,1-2H3,(H,24,30)(H,25,31)(H,27,28). The average molecular weight is 473 g/mol. The molecule has 34 heavy (non-hydrogen) atoms. The van der Waals surface area contributed by atoms with Gasteiger partial charge in [0.05, 0.1) is 11.8 Å². The van der Waals surface area contributed by atoms with Gasteiger partial charge >= 0.3 is 5.97 Å². The van der Waals surface area contributed by atoms with Crippen LogP contribution in [0.1, 0.15) is 53.8 Å². The molecule has 1 fully saturated rings. The van der Waals surface area contributed by atoms with Crippen molar-refractivity contribution >= 4 is 17.8 Å². The number of nitrogens with zero attached hydrogens (tertiary/aromatic N) is 1. The molecule has 0 unspecified atom stereocenters. The number of aromatic hydroxyl groups is 2. The fourth-order valence-electron chi connectivity index (χ4n) is 3.40. The number of carboxylic acid groups (broad SMARTS) is 1. The monoisotopic (exact) mass is 473 g/mol. The van der Waals surface area contributed by atoms with Crippen molar-refractivity contribution in [3.8, 4) is 23.1 Å². The number of aliphatic carboxylic acids is 1. The van der Waals surface area contributed by atoms with Crippen LogP contribution >= 0.6 is 0 Å². The third-order valence-electron chi connectivity index (χ3n) is 5.16. The summed E-state index contributed by atoms with van der Waals surface area (Å²) in [6.07, 6.45) is 2.65. The molecule has 1 aromatic carbocycles. The van der Waals surface area contributed by atoms with Crippen LogP contribution < -0.4 is 20.9 Å². The van der Waals surface area contributed by atoms with Gasteiger partial charge in [-0.25, -0.2) is 4.57 Å². The highest BCUT2D eigenvalue weighted by Gasteiger charge is 2.31. The molecule has 0 aliphatic heterocycles. The quantitative estimate of drug-likeness (QED) is 0.345. The fraction of sp³-hybridized carbons (Fsp3) is 0.391. The van der Waals surface area contributed by atoms with Gasteiger partial charge in [0, 0.05) is 12.6 Å². The summed E-state index contributed by atoms with van der Waals surface area (Å²) in [5.74, 6) is -4.59. The highest BCUT2D eigenvalue weighted by atomic mass is 16.5. The van der Waals surface area contributed by atoms with Crippen molar-refractivity contribution in [3.05, 3.63) is 45.7 Å². The number of carbonyl (C=O) groups excluding carboxylic acids is 2. The number of nitrogens with one attached hydrogen (secondary N) is 2. The lowest BCUT2D eigenvalue weighted by Gasteiger charge is -2.18. The Morgan fingerprint density at radius 1 is 1.12 bits per heavy atom. The van der Waals surface area contributed by atoms with E-state index < -0.39 is 52.6 Å². The van der Waals surface area contributed by atoms with Gasteiger partial charge in [-0.2, -0.15) is 0 Å². The van der Waals surface area contributed by atoms with Crippen molar-refractivity contribution in [2.24, 2.45) is 5.92 Å². The molecule has 1 aliphatic carbocycles. The van der Waals surface area contributed by atoms with Crippen LogP contribution in [0.2, 0.25) is 0 Å². The van der Waals surface area contributed by atoms with Gasteiger partial charge in [-0.1, -0.05) is 18.9 Å². The molecule has 11 nitrogen and oxygen atoms in total. The summed E-state index contributed by atoms with van der Waals surface area (Å²) in [4.78, 5) is 49.5. The second-order valence-electron chi connectivity index (χ2n) is 8.29. The molecule has 1 saturated carbocycles. The molecule has 0 atom stereocenters. The number of carboxylic acids is 1. The lowest BCUT2D eigenvalue weighted by Crippen LogP contribution is -2.36. The highest BCUT2D eigenvalue weighted by Crippen LogP contribution is 2.33. The summed E-state index contributed by atoms with van der Waals surface area (Å²) in [5, 5.41) is 34.9. The van der Waals surface area contributed by atoms with Gasteiger partial charge in [0.15, 0.2) is 5.75 Å². The van der Waals surface area contributed by atoms with Gasteiger partial charge in [0.25, 0.3) is 17.4 Å². The average Bonchev–Trinajstić information content (AvgIpc) is 3.56. The van der Waals surface area contributed by atoms with Gasteiger partial charge in [-0.15, -0.1) is 0 Å². The Hall–Kier alpha value is -4.02. The molecule has 0 saturated heterocycles. The maximum atomic E-state index is 13.3. The molecule has 11 heteroatoms. The van der Waals surface area contributed by atoms with Crippen LogP contribution in [-0.4, -0.2) is 56.9 Å². The third kappa shape index (κ3) is 5.66. The smallest absolute Gasteiger partial charge is 0.322 e. The SMILES string of the molecule is CC(C)Oc1cccc(-n2c(O)c(C(=O)NCC(=O)O)c(O)c(C(=O)NCCC3CC3)c2=O)c1. The van der Waals surface area contributed by atoms with E-state index in [2.05, 4.69) is 5.32 Å². The Labute approximate surface area is 195 Å². The van der Waals surface area contributed by atoms with Gasteiger partial charge in [-0.05, 0) is 38.3 Å². The Morgan fingerprint density at radius 2 is 1.79 bits per heavy atom. The van der Waals surface area contributed by atoms with Gasteiger partial charge < -0.3 is 30.7 Å².